The van der Waals surface area contributed by atoms with Crippen LogP contribution in [0.2, 0.25) is 5.28 Å². The van der Waals surface area contributed by atoms with Crippen molar-refractivity contribution in [1.29, 1.82) is 0 Å². The monoisotopic (exact) mass is 551 g/mol. The van der Waals surface area contributed by atoms with Crippen LogP contribution in [0.3, 0.4) is 0 Å². The van der Waals surface area contributed by atoms with Gasteiger partial charge in [0.15, 0.2) is 17.7 Å². The van der Waals surface area contributed by atoms with Gasteiger partial charge in [-0.1, -0.05) is 24.3 Å². The third-order valence-electron chi connectivity index (χ3n) is 6.13. The van der Waals surface area contributed by atoms with E-state index in [1.54, 1.807) is 12.1 Å². The second kappa shape index (κ2) is 10.8. The average molecular weight is 552 g/mol. The molecule has 3 atom stereocenters. The number of alkyl halides is 1. The summed E-state index contributed by atoms with van der Waals surface area (Å²) in [6.07, 6.45) is -3.11. The number of hydrogen-bond donors (Lipinski definition) is 4. The summed E-state index contributed by atoms with van der Waals surface area (Å²) in [4.78, 5) is 46.8. The van der Waals surface area contributed by atoms with E-state index in [1.807, 2.05) is 0 Å². The van der Waals surface area contributed by atoms with E-state index in [0.29, 0.717) is 11.1 Å². The van der Waals surface area contributed by atoms with Crippen molar-refractivity contribution < 1.29 is 43.6 Å². The summed E-state index contributed by atoms with van der Waals surface area (Å²) >= 11 is 5.85. The number of hydrogen-bond acceptors (Lipinski definition) is 9. The Morgan fingerprint density at radius 3 is 2.45 bits per heavy atom. The Morgan fingerprint density at radius 1 is 1.16 bits per heavy atom. The maximum Gasteiger partial charge on any atom is 0.348 e. The quantitative estimate of drug-likeness (QED) is 0.199. The average Bonchev–Trinajstić information content (AvgIpc) is 3.43. The largest absolute Gasteiger partial charge is 0.481 e. The number of ether oxygens (including phenoxy) is 2. The van der Waals surface area contributed by atoms with E-state index >= 15 is 0 Å². The number of carboxylic acid groups (broad SMARTS) is 3. The first kappa shape index (κ1) is 27.2. The van der Waals surface area contributed by atoms with Gasteiger partial charge in [0.2, 0.25) is 5.28 Å². The molecule has 1 aliphatic rings. The fourth-order valence-corrected chi connectivity index (χ4v) is 4.34. The predicted molar refractivity (Wildman–Crippen MR) is 128 cm³/mol. The van der Waals surface area contributed by atoms with Crippen molar-refractivity contribution in [3.63, 3.8) is 0 Å². The van der Waals surface area contributed by atoms with Gasteiger partial charge in [0, 0.05) is 19.3 Å². The van der Waals surface area contributed by atoms with Crippen LogP contribution in [-0.4, -0.2) is 77.2 Å². The lowest BCUT2D eigenvalue weighted by atomic mass is 9.93. The molecule has 1 saturated heterocycles. The van der Waals surface area contributed by atoms with Gasteiger partial charge in [0.05, 0.1) is 19.0 Å². The molecule has 3 heterocycles. The fraction of sp³-hybridized carbons (Fsp3) is 0.391. The number of rotatable bonds is 11. The number of imidazole rings is 1. The second-order valence-electron chi connectivity index (χ2n) is 8.74. The smallest absolute Gasteiger partial charge is 0.348 e. The Bertz CT molecular complexity index is 1350. The standard InChI is InChI=1S/C23H23ClFN5O8/c24-22-28-17(26)16-18(29-22)30(10-27-16)19-14(25)7-13(38-19)9-37-23(20(33)34,21(35)36)8-12-3-1-11(2-4-12)5-6-15(31)32/h1-4,10,13-14,19H,5-9H2,(H,31,32)(H,33,34)(H,35,36)(H2,26,28,29)/t13-,14-,19+/m0/s1. The highest BCUT2D eigenvalue weighted by molar-refractivity contribution is 6.28. The van der Waals surface area contributed by atoms with Crippen LogP contribution in [-0.2, 0) is 36.7 Å². The summed E-state index contributed by atoms with van der Waals surface area (Å²) in [6, 6.07) is 6.18. The number of halogens is 2. The third-order valence-corrected chi connectivity index (χ3v) is 6.30. The van der Waals surface area contributed by atoms with E-state index in [1.165, 1.54) is 23.0 Å². The number of aryl methyl sites for hydroxylation is 1. The van der Waals surface area contributed by atoms with Gasteiger partial charge in [-0.2, -0.15) is 9.97 Å². The number of nitrogen functional groups attached to an aromatic ring is 1. The highest BCUT2D eigenvalue weighted by Gasteiger charge is 2.50. The molecule has 15 heteroatoms. The minimum absolute atomic E-state index is 0.00495. The van der Waals surface area contributed by atoms with Gasteiger partial charge < -0.3 is 30.5 Å². The fourth-order valence-electron chi connectivity index (χ4n) is 4.16. The number of carbonyl (C=O) groups is 3. The summed E-state index contributed by atoms with van der Waals surface area (Å²) in [6.45, 7) is -0.531. The SMILES string of the molecule is Nc1nc(Cl)nc2c1ncn2[C@@H]1O[C@H](COC(Cc2ccc(CCC(=O)O)cc2)(C(=O)O)C(=O)O)C[C@@H]1F. The van der Waals surface area contributed by atoms with E-state index in [-0.39, 0.29) is 41.5 Å². The Labute approximate surface area is 219 Å². The lowest BCUT2D eigenvalue weighted by Crippen LogP contribution is -2.52. The van der Waals surface area contributed by atoms with Crippen LogP contribution in [0.5, 0.6) is 0 Å². The zero-order chi connectivity index (χ0) is 27.6. The van der Waals surface area contributed by atoms with E-state index in [2.05, 4.69) is 15.0 Å². The number of nitrogens with two attached hydrogens (primary N) is 1. The molecule has 0 amide bonds. The molecule has 2 aromatic heterocycles. The van der Waals surface area contributed by atoms with Crippen molar-refractivity contribution in [2.24, 2.45) is 0 Å². The Kier molecular flexibility index (Phi) is 7.76. The number of nitrogens with zero attached hydrogens (tertiary/aromatic N) is 4. The summed E-state index contributed by atoms with van der Waals surface area (Å²) in [7, 11) is 0. The number of aromatic nitrogens is 4. The van der Waals surface area contributed by atoms with Gasteiger partial charge in [-0.15, -0.1) is 0 Å². The third kappa shape index (κ3) is 5.51. The molecule has 0 saturated carbocycles. The van der Waals surface area contributed by atoms with Crippen LogP contribution in [0.1, 0.15) is 30.2 Å². The van der Waals surface area contributed by atoms with Crippen molar-refractivity contribution >= 4 is 46.5 Å². The maximum atomic E-state index is 15.0. The normalized spacial score (nSPS) is 19.6. The molecule has 1 aromatic carbocycles. The van der Waals surface area contributed by atoms with E-state index in [0.717, 1.165) is 0 Å². The zero-order valence-corrected chi connectivity index (χ0v) is 20.4. The molecular formula is C23H23ClFN5O8. The highest BCUT2D eigenvalue weighted by atomic mass is 35.5. The number of anilines is 1. The van der Waals surface area contributed by atoms with Gasteiger partial charge in [0.25, 0.3) is 5.60 Å². The van der Waals surface area contributed by atoms with Crippen LogP contribution in [0.25, 0.3) is 11.2 Å². The van der Waals surface area contributed by atoms with Gasteiger partial charge in [-0.3, -0.25) is 9.36 Å². The van der Waals surface area contributed by atoms with Gasteiger partial charge in [0.1, 0.15) is 11.7 Å². The minimum Gasteiger partial charge on any atom is -0.481 e. The molecule has 0 bridgehead atoms. The number of benzene rings is 1. The van der Waals surface area contributed by atoms with Crippen LogP contribution in [0.4, 0.5) is 10.2 Å². The maximum absolute atomic E-state index is 15.0. The summed E-state index contributed by atoms with van der Waals surface area (Å²) in [5.41, 5.74) is 4.45. The highest BCUT2D eigenvalue weighted by Crippen LogP contribution is 2.35. The van der Waals surface area contributed by atoms with E-state index in [9.17, 15) is 29.0 Å². The number of carboxylic acids is 3. The molecule has 13 nitrogen and oxygen atoms in total. The second-order valence-corrected chi connectivity index (χ2v) is 9.08. The van der Waals surface area contributed by atoms with E-state index < -0.39 is 55.0 Å². The van der Waals surface area contributed by atoms with E-state index in [4.69, 9.17) is 31.9 Å². The van der Waals surface area contributed by atoms with Crippen LogP contribution < -0.4 is 5.73 Å². The van der Waals surface area contributed by atoms with Crippen molar-refractivity contribution in [3.8, 4) is 0 Å². The topological polar surface area (TPSA) is 200 Å². The molecule has 5 N–H and O–H groups in total. The molecule has 0 aliphatic carbocycles. The minimum atomic E-state index is -2.67. The van der Waals surface area contributed by atoms with Crippen LogP contribution >= 0.6 is 11.6 Å². The lowest BCUT2D eigenvalue weighted by Gasteiger charge is -2.27. The van der Waals surface area contributed by atoms with Crippen molar-refractivity contribution in [1.82, 2.24) is 19.5 Å². The summed E-state index contributed by atoms with van der Waals surface area (Å²) in [5.74, 6) is -4.45. The van der Waals surface area contributed by atoms with Crippen molar-refractivity contribution in [2.45, 2.75) is 49.8 Å². The van der Waals surface area contributed by atoms with Gasteiger partial charge >= 0.3 is 17.9 Å². The van der Waals surface area contributed by atoms with Crippen LogP contribution in [0, 0.1) is 0 Å². The summed E-state index contributed by atoms with van der Waals surface area (Å²) in [5, 5.41) is 28.3. The lowest BCUT2D eigenvalue weighted by molar-refractivity contribution is -0.188. The van der Waals surface area contributed by atoms with Gasteiger partial charge in [-0.05, 0) is 29.1 Å². The molecule has 3 aromatic rings. The first-order valence-electron chi connectivity index (χ1n) is 11.4. The molecule has 0 unspecified atom stereocenters. The Balaban J connectivity index is 1.48. The molecule has 202 valence electrons. The van der Waals surface area contributed by atoms with Gasteiger partial charge in [-0.25, -0.2) is 19.0 Å². The zero-order valence-electron chi connectivity index (χ0n) is 19.7. The predicted octanol–water partition coefficient (Wildman–Crippen LogP) is 1.87. The first-order valence-corrected chi connectivity index (χ1v) is 11.7. The molecular weight excluding hydrogens is 529 g/mol. The summed E-state index contributed by atoms with van der Waals surface area (Å²) < 4.78 is 27.4. The number of aliphatic carboxylic acids is 3. The Hall–Kier alpha value is -3.88. The molecule has 1 fully saturated rings. The molecule has 4 rings (SSSR count). The van der Waals surface area contributed by atoms with Crippen LogP contribution in [0.15, 0.2) is 30.6 Å². The van der Waals surface area contributed by atoms with Crippen molar-refractivity contribution in [2.75, 3.05) is 12.3 Å². The first-order chi connectivity index (χ1) is 18.0. The molecule has 38 heavy (non-hydrogen) atoms. The molecule has 1 aliphatic heterocycles. The van der Waals surface area contributed by atoms with Crippen molar-refractivity contribution in [3.05, 3.63) is 47.0 Å². The Morgan fingerprint density at radius 2 is 1.82 bits per heavy atom. The molecule has 0 radical (unpaired) electrons. The number of fused-ring (bicyclic) bond motifs is 1. The molecule has 0 spiro atoms.